The van der Waals surface area contributed by atoms with Gasteiger partial charge in [0, 0.05) is 23.4 Å². The maximum absolute atomic E-state index is 12.4. The summed E-state index contributed by atoms with van der Waals surface area (Å²) in [5, 5.41) is 17.9. The first-order valence-electron chi connectivity index (χ1n) is 6.09. The molecule has 0 radical (unpaired) electrons. The van der Waals surface area contributed by atoms with E-state index < -0.39 is 21.5 Å². The lowest BCUT2D eigenvalue weighted by Gasteiger charge is -2.25. The van der Waals surface area contributed by atoms with Gasteiger partial charge in [0.25, 0.3) is 0 Å². The van der Waals surface area contributed by atoms with Gasteiger partial charge >= 0.3 is 5.97 Å². The van der Waals surface area contributed by atoms with E-state index in [1.807, 2.05) is 0 Å². The highest BCUT2D eigenvalue weighted by Gasteiger charge is 2.31. The van der Waals surface area contributed by atoms with E-state index in [9.17, 15) is 13.2 Å². The molecule has 1 heterocycles. The van der Waals surface area contributed by atoms with Gasteiger partial charge in [-0.2, -0.15) is 0 Å². The fourth-order valence-corrected chi connectivity index (χ4v) is 3.99. The highest BCUT2D eigenvalue weighted by Crippen LogP contribution is 2.25. The molecule has 0 aliphatic rings. The molecule has 0 saturated heterocycles. The molecular weight excluding hydrogens is 284 g/mol. The predicted molar refractivity (Wildman–Crippen MR) is 73.3 cm³/mol. The summed E-state index contributed by atoms with van der Waals surface area (Å²) in [7, 11) is -3.87. The number of aliphatic hydroxyl groups excluding tert-OH is 1. The summed E-state index contributed by atoms with van der Waals surface area (Å²) in [5.74, 6) is -1.21. The zero-order valence-corrected chi connectivity index (χ0v) is 12.8. The van der Waals surface area contributed by atoms with Gasteiger partial charge in [-0.05, 0) is 34.1 Å². The van der Waals surface area contributed by atoms with Crippen molar-refractivity contribution >= 4 is 16.0 Å². The quantitative estimate of drug-likeness (QED) is 0.619. The molecule has 8 heteroatoms. The number of aromatic amines is 1. The van der Waals surface area contributed by atoms with Gasteiger partial charge < -0.3 is 15.2 Å². The van der Waals surface area contributed by atoms with Crippen molar-refractivity contribution in [3.8, 4) is 0 Å². The first-order chi connectivity index (χ1) is 9.02. The average molecular weight is 304 g/mol. The summed E-state index contributed by atoms with van der Waals surface area (Å²) >= 11 is 0. The smallest absolute Gasteiger partial charge is 0.352 e. The summed E-state index contributed by atoms with van der Waals surface area (Å²) in [4.78, 5) is 13.5. The maximum atomic E-state index is 12.4. The van der Waals surface area contributed by atoms with Crippen LogP contribution in [0.1, 0.15) is 42.0 Å². The molecule has 0 spiro atoms. The van der Waals surface area contributed by atoms with Gasteiger partial charge in [0.15, 0.2) is 0 Å². The molecule has 1 aromatic heterocycles. The van der Waals surface area contributed by atoms with Crippen LogP contribution in [0.3, 0.4) is 0 Å². The first kappa shape index (κ1) is 16.7. The third-order valence-electron chi connectivity index (χ3n) is 3.00. The standard InChI is InChI=1S/C12H20N2O5S/c1-7-9(11(16)17)13-8(2)10(7)20(18,19)14-12(3,4)5-6-15/h13-15H,5-6H2,1-4H3,(H,16,17). The third kappa shape index (κ3) is 3.38. The van der Waals surface area contributed by atoms with Crippen molar-refractivity contribution in [1.82, 2.24) is 9.71 Å². The minimum Gasteiger partial charge on any atom is -0.477 e. The van der Waals surface area contributed by atoms with Crippen LogP contribution in [0.4, 0.5) is 0 Å². The number of sulfonamides is 1. The number of nitrogens with one attached hydrogen (secondary N) is 2. The third-order valence-corrected chi connectivity index (χ3v) is 4.97. The summed E-state index contributed by atoms with van der Waals surface area (Å²) in [5.41, 5.74) is -0.523. The highest BCUT2D eigenvalue weighted by atomic mass is 32.2. The fraction of sp³-hybridized carbons (Fsp3) is 0.583. The molecule has 0 aromatic carbocycles. The lowest BCUT2D eigenvalue weighted by Crippen LogP contribution is -2.44. The molecule has 1 rings (SSSR count). The molecular formula is C12H20N2O5S. The number of rotatable bonds is 6. The van der Waals surface area contributed by atoms with E-state index in [0.29, 0.717) is 0 Å². The molecule has 0 fully saturated rings. The molecule has 0 unspecified atom stereocenters. The number of aryl methyl sites for hydroxylation is 1. The van der Waals surface area contributed by atoms with Crippen molar-refractivity contribution in [1.29, 1.82) is 0 Å². The zero-order valence-electron chi connectivity index (χ0n) is 11.9. The van der Waals surface area contributed by atoms with E-state index in [0.717, 1.165) is 0 Å². The minimum atomic E-state index is -3.87. The van der Waals surface area contributed by atoms with Gasteiger partial charge in [-0.1, -0.05) is 0 Å². The van der Waals surface area contributed by atoms with Crippen LogP contribution in [0.5, 0.6) is 0 Å². The van der Waals surface area contributed by atoms with E-state index in [4.69, 9.17) is 10.2 Å². The monoisotopic (exact) mass is 304 g/mol. The number of carboxylic acid groups (broad SMARTS) is 1. The summed E-state index contributed by atoms with van der Waals surface area (Å²) in [6, 6.07) is 0. The SMILES string of the molecule is Cc1[nH]c(C(=O)O)c(C)c1S(=O)(=O)NC(C)(C)CCO. The molecule has 0 aliphatic heterocycles. The molecule has 0 aliphatic carbocycles. The Morgan fingerprint density at radius 3 is 2.30 bits per heavy atom. The number of carboxylic acids is 1. The number of hydrogen-bond donors (Lipinski definition) is 4. The molecule has 0 atom stereocenters. The molecule has 4 N–H and O–H groups in total. The molecule has 1 aromatic rings. The Balaban J connectivity index is 3.27. The molecule has 0 bridgehead atoms. The number of aromatic carboxylic acids is 1. The van der Waals surface area contributed by atoms with Crippen molar-refractivity contribution in [2.45, 2.75) is 44.6 Å². The maximum Gasteiger partial charge on any atom is 0.352 e. The number of H-pyrrole nitrogens is 1. The molecule has 114 valence electrons. The van der Waals surface area contributed by atoms with Crippen LogP contribution >= 0.6 is 0 Å². The van der Waals surface area contributed by atoms with Gasteiger partial charge in [-0.25, -0.2) is 17.9 Å². The predicted octanol–water partition coefficient (Wildman–Crippen LogP) is 0.769. The van der Waals surface area contributed by atoms with Gasteiger partial charge in [0.05, 0.1) is 0 Å². The van der Waals surface area contributed by atoms with Crippen LogP contribution in [0.2, 0.25) is 0 Å². The van der Waals surface area contributed by atoms with E-state index in [1.54, 1.807) is 13.8 Å². The fourth-order valence-electron chi connectivity index (χ4n) is 2.10. The number of aliphatic hydroxyl groups is 1. The van der Waals surface area contributed by atoms with Crippen molar-refractivity contribution in [2.24, 2.45) is 0 Å². The van der Waals surface area contributed by atoms with E-state index in [1.165, 1.54) is 13.8 Å². The Bertz CT molecular complexity index is 616. The number of hydrogen-bond acceptors (Lipinski definition) is 4. The molecule has 20 heavy (non-hydrogen) atoms. The van der Waals surface area contributed by atoms with Crippen LogP contribution in [0.25, 0.3) is 0 Å². The molecule has 7 nitrogen and oxygen atoms in total. The van der Waals surface area contributed by atoms with E-state index in [-0.39, 0.29) is 34.9 Å². The average Bonchev–Trinajstić information content (AvgIpc) is 2.52. The van der Waals surface area contributed by atoms with Crippen LogP contribution in [-0.4, -0.2) is 41.7 Å². The second-order valence-electron chi connectivity index (χ2n) is 5.35. The Hall–Kier alpha value is -1.38. The van der Waals surface area contributed by atoms with Crippen molar-refractivity contribution in [3.05, 3.63) is 17.0 Å². The topological polar surface area (TPSA) is 119 Å². The van der Waals surface area contributed by atoms with E-state index >= 15 is 0 Å². The Labute approximate surface area is 118 Å². The molecule has 0 amide bonds. The minimum absolute atomic E-state index is 0.0547. The highest BCUT2D eigenvalue weighted by molar-refractivity contribution is 7.89. The van der Waals surface area contributed by atoms with Crippen LogP contribution in [0, 0.1) is 13.8 Å². The lowest BCUT2D eigenvalue weighted by molar-refractivity contribution is 0.0690. The van der Waals surface area contributed by atoms with Crippen LogP contribution in [-0.2, 0) is 10.0 Å². The number of carbonyl (C=O) groups is 1. The Morgan fingerprint density at radius 1 is 1.35 bits per heavy atom. The van der Waals surface area contributed by atoms with Crippen LogP contribution in [0.15, 0.2) is 4.90 Å². The molecule has 0 saturated carbocycles. The van der Waals surface area contributed by atoms with Gasteiger partial charge in [-0.3, -0.25) is 0 Å². The van der Waals surface area contributed by atoms with Crippen molar-refractivity contribution in [2.75, 3.05) is 6.61 Å². The summed E-state index contributed by atoms with van der Waals surface area (Å²) in [6.07, 6.45) is 0.251. The van der Waals surface area contributed by atoms with Gasteiger partial charge in [0.1, 0.15) is 10.6 Å². The lowest BCUT2D eigenvalue weighted by atomic mass is 10.0. The van der Waals surface area contributed by atoms with Gasteiger partial charge in [-0.15, -0.1) is 0 Å². The summed E-state index contributed by atoms with van der Waals surface area (Å²) in [6.45, 7) is 6.10. The van der Waals surface area contributed by atoms with Crippen molar-refractivity contribution < 1.29 is 23.4 Å². The first-order valence-corrected chi connectivity index (χ1v) is 7.57. The van der Waals surface area contributed by atoms with E-state index in [2.05, 4.69) is 9.71 Å². The normalized spacial score (nSPS) is 12.7. The largest absolute Gasteiger partial charge is 0.477 e. The second kappa shape index (κ2) is 5.55. The Kier molecular flexibility index (Phi) is 4.62. The zero-order chi connectivity index (χ0) is 15.7. The second-order valence-corrected chi connectivity index (χ2v) is 6.97. The van der Waals surface area contributed by atoms with Crippen LogP contribution < -0.4 is 4.72 Å². The summed E-state index contributed by atoms with van der Waals surface area (Å²) < 4.78 is 27.3. The van der Waals surface area contributed by atoms with Crippen molar-refractivity contribution in [3.63, 3.8) is 0 Å². The number of aromatic nitrogens is 1. The Morgan fingerprint density at radius 2 is 1.90 bits per heavy atom. The van der Waals surface area contributed by atoms with Gasteiger partial charge in [0.2, 0.25) is 10.0 Å².